The molecule has 4 rings (SSSR count). The van der Waals surface area contributed by atoms with Crippen LogP contribution in [-0.4, -0.2) is 23.1 Å². The Morgan fingerprint density at radius 3 is 2.47 bits per heavy atom. The second-order valence-electron chi connectivity index (χ2n) is 7.01. The van der Waals surface area contributed by atoms with E-state index in [9.17, 15) is 9.90 Å². The van der Waals surface area contributed by atoms with Crippen LogP contribution in [0.25, 0.3) is 10.2 Å². The highest BCUT2D eigenvalue weighted by Crippen LogP contribution is 2.43. The van der Waals surface area contributed by atoms with Gasteiger partial charge in [0, 0.05) is 23.8 Å². The lowest BCUT2D eigenvalue weighted by molar-refractivity contribution is 0.102. The fourth-order valence-electron chi connectivity index (χ4n) is 3.48. The lowest BCUT2D eigenvalue weighted by atomic mass is 10.0. The Balaban J connectivity index is 1.88. The van der Waals surface area contributed by atoms with Gasteiger partial charge in [-0.15, -0.1) is 11.3 Å². The van der Waals surface area contributed by atoms with Crippen LogP contribution in [0.4, 0.5) is 5.69 Å². The van der Waals surface area contributed by atoms with Crippen molar-refractivity contribution in [2.45, 2.75) is 19.6 Å². The summed E-state index contributed by atoms with van der Waals surface area (Å²) in [5.41, 5.74) is 3.66. The van der Waals surface area contributed by atoms with Crippen molar-refractivity contribution in [3.63, 3.8) is 0 Å². The molecule has 2 aromatic carbocycles. The van der Waals surface area contributed by atoms with Crippen molar-refractivity contribution in [2.24, 2.45) is 0 Å². The number of aromatic nitrogens is 1. The van der Waals surface area contributed by atoms with E-state index in [4.69, 9.17) is 4.74 Å². The van der Waals surface area contributed by atoms with Crippen LogP contribution >= 0.6 is 11.3 Å². The zero-order chi connectivity index (χ0) is 21.1. The summed E-state index contributed by atoms with van der Waals surface area (Å²) in [5, 5.41) is 15.0. The third-order valence-corrected chi connectivity index (χ3v) is 5.97. The largest absolute Gasteiger partial charge is 0.383 e. The van der Waals surface area contributed by atoms with Crippen molar-refractivity contribution >= 4 is 33.1 Å². The topological polar surface area (TPSA) is 71.5 Å². The summed E-state index contributed by atoms with van der Waals surface area (Å²) >= 11 is 1.39. The van der Waals surface area contributed by atoms with Gasteiger partial charge >= 0.3 is 0 Å². The van der Waals surface area contributed by atoms with Gasteiger partial charge in [-0.1, -0.05) is 48.5 Å². The molecule has 2 aromatic heterocycles. The first kappa shape index (κ1) is 20.2. The lowest BCUT2D eigenvalue weighted by Gasteiger charge is -2.14. The van der Waals surface area contributed by atoms with E-state index in [2.05, 4.69) is 10.3 Å². The third-order valence-electron chi connectivity index (χ3n) is 4.84. The number of nitrogens with one attached hydrogen (secondary N) is 1. The predicted octanol–water partition coefficient (Wildman–Crippen LogP) is 5.09. The smallest absolute Gasteiger partial charge is 0.255 e. The summed E-state index contributed by atoms with van der Waals surface area (Å²) in [6.45, 7) is 2.31. The molecule has 0 spiro atoms. The van der Waals surface area contributed by atoms with Gasteiger partial charge < -0.3 is 15.2 Å². The van der Waals surface area contributed by atoms with Gasteiger partial charge in [0.25, 0.3) is 5.91 Å². The van der Waals surface area contributed by atoms with E-state index in [0.29, 0.717) is 22.7 Å². The number of aliphatic hydroxyl groups excluding tert-OH is 1. The molecule has 1 atom stereocenters. The minimum atomic E-state index is -0.882. The molecule has 152 valence electrons. The summed E-state index contributed by atoms with van der Waals surface area (Å²) in [4.78, 5) is 19.0. The van der Waals surface area contributed by atoms with Crippen molar-refractivity contribution in [3.8, 4) is 0 Å². The van der Waals surface area contributed by atoms with Gasteiger partial charge in [0.05, 0.1) is 17.2 Å². The highest BCUT2D eigenvalue weighted by Gasteiger charge is 2.25. The summed E-state index contributed by atoms with van der Waals surface area (Å²) in [6, 6.07) is 20.4. The van der Waals surface area contributed by atoms with Crippen LogP contribution in [0.5, 0.6) is 0 Å². The SMILES string of the molecule is COCc1cc(C)nc2sc([C@H](O)c3ccccc3)c(NC(=O)c3ccccc3)c12. The first-order valence-electron chi connectivity index (χ1n) is 9.59. The van der Waals surface area contributed by atoms with Gasteiger partial charge in [0.15, 0.2) is 0 Å². The maximum atomic E-state index is 13.0. The second-order valence-corrected chi connectivity index (χ2v) is 8.04. The van der Waals surface area contributed by atoms with Gasteiger partial charge in [-0.2, -0.15) is 0 Å². The van der Waals surface area contributed by atoms with E-state index in [1.165, 1.54) is 11.3 Å². The number of hydrogen-bond acceptors (Lipinski definition) is 5. The number of anilines is 1. The zero-order valence-corrected chi connectivity index (χ0v) is 17.6. The molecule has 5 nitrogen and oxygen atoms in total. The summed E-state index contributed by atoms with van der Waals surface area (Å²) in [6.07, 6.45) is -0.882. The number of aliphatic hydroxyl groups is 1. The Morgan fingerprint density at radius 1 is 1.13 bits per heavy atom. The highest BCUT2D eigenvalue weighted by atomic mass is 32.1. The van der Waals surface area contributed by atoms with E-state index in [-0.39, 0.29) is 5.91 Å². The molecular weight excluding hydrogens is 396 g/mol. The van der Waals surface area contributed by atoms with Crippen LogP contribution in [0.2, 0.25) is 0 Å². The van der Waals surface area contributed by atoms with Gasteiger partial charge in [-0.3, -0.25) is 4.79 Å². The molecule has 0 saturated heterocycles. The summed E-state index contributed by atoms with van der Waals surface area (Å²) in [5.74, 6) is -0.235. The van der Waals surface area contributed by atoms with Crippen LogP contribution in [0.1, 0.15) is 38.2 Å². The number of benzene rings is 2. The number of carbonyl (C=O) groups excluding carboxylic acids is 1. The normalized spacial score (nSPS) is 12.1. The molecule has 30 heavy (non-hydrogen) atoms. The Kier molecular flexibility index (Phi) is 5.90. The second kappa shape index (κ2) is 8.75. The number of nitrogens with zero attached hydrogens (tertiary/aromatic N) is 1. The van der Waals surface area contributed by atoms with Crippen molar-refractivity contribution in [3.05, 3.63) is 94.0 Å². The van der Waals surface area contributed by atoms with Crippen LogP contribution in [0.3, 0.4) is 0 Å². The standard InChI is InChI=1S/C24H22N2O3S/c1-15-13-18(14-29-2)19-20(26-23(28)17-11-7-4-8-12-17)22(30-24(19)25-15)21(27)16-9-5-3-6-10-16/h3-13,21,27H,14H2,1-2H3,(H,26,28)/t21-/m1/s1. The molecule has 6 heteroatoms. The van der Waals surface area contributed by atoms with E-state index in [0.717, 1.165) is 27.0 Å². The fraction of sp³-hybridized carbons (Fsp3) is 0.167. The minimum Gasteiger partial charge on any atom is -0.383 e. The van der Waals surface area contributed by atoms with Gasteiger partial charge in [0.2, 0.25) is 0 Å². The molecule has 0 aliphatic rings. The number of fused-ring (bicyclic) bond motifs is 1. The van der Waals surface area contributed by atoms with Crippen molar-refractivity contribution in [1.82, 2.24) is 4.98 Å². The average molecular weight is 419 g/mol. The molecule has 0 fully saturated rings. The number of methoxy groups -OCH3 is 1. The lowest BCUT2D eigenvalue weighted by Crippen LogP contribution is -2.14. The highest BCUT2D eigenvalue weighted by molar-refractivity contribution is 7.19. The zero-order valence-electron chi connectivity index (χ0n) is 16.8. The quantitative estimate of drug-likeness (QED) is 0.458. The first-order chi connectivity index (χ1) is 14.6. The molecule has 0 saturated carbocycles. The Hall–Kier alpha value is -3.06. The molecule has 0 unspecified atom stereocenters. The Morgan fingerprint density at radius 2 is 1.80 bits per heavy atom. The summed E-state index contributed by atoms with van der Waals surface area (Å²) in [7, 11) is 1.63. The number of hydrogen-bond donors (Lipinski definition) is 2. The molecule has 0 aliphatic heterocycles. The number of carbonyl (C=O) groups is 1. The van der Waals surface area contributed by atoms with Crippen LogP contribution < -0.4 is 5.32 Å². The maximum Gasteiger partial charge on any atom is 0.255 e. The fourth-order valence-corrected chi connectivity index (χ4v) is 4.71. The van der Waals surface area contributed by atoms with E-state index in [1.807, 2.05) is 61.5 Å². The summed E-state index contributed by atoms with van der Waals surface area (Å²) < 4.78 is 5.39. The number of ether oxygens (including phenoxy) is 1. The van der Waals surface area contributed by atoms with Crippen LogP contribution in [-0.2, 0) is 11.3 Å². The van der Waals surface area contributed by atoms with Gasteiger partial charge in [-0.05, 0) is 36.2 Å². The third kappa shape index (κ3) is 3.98. The van der Waals surface area contributed by atoms with Crippen LogP contribution in [0, 0.1) is 6.92 Å². The number of pyridine rings is 1. The molecule has 0 aliphatic carbocycles. The van der Waals surface area contributed by atoms with E-state index in [1.54, 1.807) is 19.2 Å². The molecule has 0 bridgehead atoms. The maximum absolute atomic E-state index is 13.0. The average Bonchev–Trinajstić information content (AvgIpc) is 3.12. The number of thiophene rings is 1. The monoisotopic (exact) mass is 418 g/mol. The first-order valence-corrected chi connectivity index (χ1v) is 10.4. The number of aryl methyl sites for hydroxylation is 1. The van der Waals surface area contributed by atoms with Crippen LogP contribution in [0.15, 0.2) is 66.7 Å². The molecular formula is C24H22N2O3S. The van der Waals surface area contributed by atoms with Crippen molar-refractivity contribution in [2.75, 3.05) is 12.4 Å². The number of rotatable bonds is 6. The van der Waals surface area contributed by atoms with E-state index < -0.39 is 6.10 Å². The molecule has 0 radical (unpaired) electrons. The van der Waals surface area contributed by atoms with Crippen molar-refractivity contribution in [1.29, 1.82) is 0 Å². The van der Waals surface area contributed by atoms with Gasteiger partial charge in [0.1, 0.15) is 10.9 Å². The minimum absolute atomic E-state index is 0.235. The molecule has 2 heterocycles. The molecule has 2 N–H and O–H groups in total. The Bertz CT molecular complexity index is 1170. The molecule has 4 aromatic rings. The Labute approximate surface area is 179 Å². The van der Waals surface area contributed by atoms with E-state index >= 15 is 0 Å². The van der Waals surface area contributed by atoms with Crippen molar-refractivity contribution < 1.29 is 14.6 Å². The van der Waals surface area contributed by atoms with Gasteiger partial charge in [-0.25, -0.2) is 4.98 Å². The predicted molar refractivity (Wildman–Crippen MR) is 120 cm³/mol. The molecule has 1 amide bonds. The number of amides is 1.